The van der Waals surface area contributed by atoms with Crippen molar-refractivity contribution in [3.8, 4) is 0 Å². The summed E-state index contributed by atoms with van der Waals surface area (Å²) < 4.78 is 0. The number of likely N-dealkylation sites (N-methyl/N-ethyl adjacent to an activating group) is 1. The number of nitrogens with one attached hydrogen (secondary N) is 3. The number of amides is 2. The summed E-state index contributed by atoms with van der Waals surface area (Å²) in [5.74, 6) is -0.0714. The first-order valence-corrected chi connectivity index (χ1v) is 7.00. The average molecular weight is 275 g/mol. The van der Waals surface area contributed by atoms with Crippen LogP contribution in [0.1, 0.15) is 24.8 Å². The number of para-hydroxylation sites is 1. The Kier molecular flexibility index (Phi) is 5.12. The van der Waals surface area contributed by atoms with Gasteiger partial charge in [0.15, 0.2) is 0 Å². The molecule has 1 aliphatic rings. The predicted octanol–water partition coefficient (Wildman–Crippen LogP) is 1.06. The Morgan fingerprint density at radius 3 is 2.80 bits per heavy atom. The smallest absolute Gasteiger partial charge is 0.225 e. The molecule has 20 heavy (non-hydrogen) atoms. The van der Waals surface area contributed by atoms with Crippen molar-refractivity contribution in [2.24, 2.45) is 0 Å². The summed E-state index contributed by atoms with van der Waals surface area (Å²) in [5, 5.41) is 8.80. The van der Waals surface area contributed by atoms with Crippen LogP contribution in [-0.4, -0.2) is 31.4 Å². The molecule has 1 unspecified atom stereocenters. The molecule has 1 heterocycles. The van der Waals surface area contributed by atoms with Crippen LogP contribution in [0.5, 0.6) is 0 Å². The van der Waals surface area contributed by atoms with E-state index in [4.69, 9.17) is 0 Å². The molecule has 1 atom stereocenters. The number of benzene rings is 1. The maximum absolute atomic E-state index is 12.0. The molecule has 5 heteroatoms. The molecule has 1 aromatic carbocycles. The normalized spacial score (nSPS) is 17.8. The molecule has 0 bridgehead atoms. The molecule has 5 nitrogen and oxygen atoms in total. The van der Waals surface area contributed by atoms with Crippen LogP contribution in [0.3, 0.4) is 0 Å². The third kappa shape index (κ3) is 4.06. The number of hydrogen-bond acceptors (Lipinski definition) is 3. The van der Waals surface area contributed by atoms with E-state index in [-0.39, 0.29) is 24.3 Å². The lowest BCUT2D eigenvalue weighted by molar-refractivity contribution is -0.120. The molecule has 1 aromatic rings. The van der Waals surface area contributed by atoms with E-state index in [1.165, 1.54) is 0 Å². The zero-order valence-electron chi connectivity index (χ0n) is 11.7. The van der Waals surface area contributed by atoms with Crippen molar-refractivity contribution < 1.29 is 9.59 Å². The molecule has 0 aliphatic carbocycles. The van der Waals surface area contributed by atoms with Gasteiger partial charge in [0.1, 0.15) is 0 Å². The van der Waals surface area contributed by atoms with E-state index >= 15 is 0 Å². The molecule has 0 spiro atoms. The Balaban J connectivity index is 1.97. The standard InChI is InChI=1S/C15H21N3O2/c1-16-14(19)9-11-5-2-3-7-13(11)18-15(20)10-12-6-4-8-17-12/h2-3,5,7,12,17H,4,6,8-10H2,1H3,(H,16,19)(H,18,20). The Morgan fingerprint density at radius 1 is 1.30 bits per heavy atom. The maximum atomic E-state index is 12.0. The number of rotatable bonds is 5. The molecule has 2 amide bonds. The topological polar surface area (TPSA) is 70.2 Å². The van der Waals surface area contributed by atoms with Crippen LogP contribution in [0.2, 0.25) is 0 Å². The summed E-state index contributed by atoms with van der Waals surface area (Å²) in [7, 11) is 1.61. The fourth-order valence-electron chi connectivity index (χ4n) is 2.41. The number of hydrogen-bond donors (Lipinski definition) is 3. The number of carbonyl (C=O) groups is 2. The average Bonchev–Trinajstić information content (AvgIpc) is 2.93. The van der Waals surface area contributed by atoms with E-state index in [2.05, 4.69) is 16.0 Å². The van der Waals surface area contributed by atoms with Crippen LogP contribution < -0.4 is 16.0 Å². The minimum absolute atomic E-state index is 0.00578. The molecule has 1 aliphatic heterocycles. The Hall–Kier alpha value is -1.88. The molecule has 0 radical (unpaired) electrons. The van der Waals surface area contributed by atoms with Crippen LogP contribution in [0.4, 0.5) is 5.69 Å². The molecule has 3 N–H and O–H groups in total. The summed E-state index contributed by atoms with van der Waals surface area (Å²) in [6, 6.07) is 7.70. The summed E-state index contributed by atoms with van der Waals surface area (Å²) in [5.41, 5.74) is 1.55. The predicted molar refractivity (Wildman–Crippen MR) is 78.5 cm³/mol. The van der Waals surface area contributed by atoms with Gasteiger partial charge in [0.25, 0.3) is 0 Å². The third-order valence-electron chi connectivity index (χ3n) is 3.52. The first-order chi connectivity index (χ1) is 9.69. The monoisotopic (exact) mass is 275 g/mol. The van der Waals surface area contributed by atoms with E-state index in [1.807, 2.05) is 24.3 Å². The second kappa shape index (κ2) is 7.05. The van der Waals surface area contributed by atoms with Crippen molar-refractivity contribution in [1.82, 2.24) is 10.6 Å². The lowest BCUT2D eigenvalue weighted by Crippen LogP contribution is -2.28. The highest BCUT2D eigenvalue weighted by molar-refractivity contribution is 5.93. The summed E-state index contributed by atoms with van der Waals surface area (Å²) in [6.07, 6.45) is 2.93. The summed E-state index contributed by atoms with van der Waals surface area (Å²) in [6.45, 7) is 0.991. The van der Waals surface area contributed by atoms with Crippen molar-refractivity contribution in [2.45, 2.75) is 31.7 Å². The second-order valence-electron chi connectivity index (χ2n) is 5.05. The van der Waals surface area contributed by atoms with Gasteiger partial charge in [-0.25, -0.2) is 0 Å². The van der Waals surface area contributed by atoms with E-state index in [0.717, 1.165) is 30.6 Å². The van der Waals surface area contributed by atoms with Gasteiger partial charge in [-0.2, -0.15) is 0 Å². The van der Waals surface area contributed by atoms with Crippen molar-refractivity contribution in [1.29, 1.82) is 0 Å². The molecular weight excluding hydrogens is 254 g/mol. The first kappa shape index (κ1) is 14.5. The Morgan fingerprint density at radius 2 is 2.10 bits per heavy atom. The Bertz CT molecular complexity index is 482. The minimum Gasteiger partial charge on any atom is -0.359 e. The summed E-state index contributed by atoms with van der Waals surface area (Å²) >= 11 is 0. The number of carbonyl (C=O) groups excluding carboxylic acids is 2. The molecular formula is C15H21N3O2. The molecule has 0 aromatic heterocycles. The SMILES string of the molecule is CNC(=O)Cc1ccccc1NC(=O)CC1CCCN1. The van der Waals surface area contributed by atoms with E-state index in [0.29, 0.717) is 6.42 Å². The van der Waals surface area contributed by atoms with Crippen LogP contribution in [0, 0.1) is 0 Å². The van der Waals surface area contributed by atoms with Crippen LogP contribution >= 0.6 is 0 Å². The van der Waals surface area contributed by atoms with E-state index < -0.39 is 0 Å². The molecule has 1 fully saturated rings. The van der Waals surface area contributed by atoms with Crippen molar-refractivity contribution in [2.75, 3.05) is 18.9 Å². The van der Waals surface area contributed by atoms with Gasteiger partial charge in [0, 0.05) is 25.2 Å². The fraction of sp³-hybridized carbons (Fsp3) is 0.467. The molecule has 108 valence electrons. The van der Waals surface area contributed by atoms with Gasteiger partial charge in [0.2, 0.25) is 11.8 Å². The third-order valence-corrected chi connectivity index (χ3v) is 3.52. The van der Waals surface area contributed by atoms with Gasteiger partial charge in [0.05, 0.1) is 6.42 Å². The molecule has 2 rings (SSSR count). The largest absolute Gasteiger partial charge is 0.359 e. The molecule has 1 saturated heterocycles. The lowest BCUT2D eigenvalue weighted by atomic mass is 10.1. The zero-order chi connectivity index (χ0) is 14.4. The van der Waals surface area contributed by atoms with E-state index in [1.54, 1.807) is 7.05 Å². The highest BCUT2D eigenvalue weighted by Crippen LogP contribution is 2.17. The van der Waals surface area contributed by atoms with Gasteiger partial charge >= 0.3 is 0 Å². The summed E-state index contributed by atoms with van der Waals surface area (Å²) in [4.78, 5) is 23.5. The quantitative estimate of drug-likeness (QED) is 0.752. The maximum Gasteiger partial charge on any atom is 0.225 e. The highest BCUT2D eigenvalue weighted by atomic mass is 16.2. The zero-order valence-corrected chi connectivity index (χ0v) is 11.7. The molecule has 0 saturated carbocycles. The number of anilines is 1. The van der Waals surface area contributed by atoms with Gasteiger partial charge in [-0.3, -0.25) is 9.59 Å². The van der Waals surface area contributed by atoms with E-state index in [9.17, 15) is 9.59 Å². The van der Waals surface area contributed by atoms with Crippen molar-refractivity contribution >= 4 is 17.5 Å². The van der Waals surface area contributed by atoms with Crippen molar-refractivity contribution in [3.05, 3.63) is 29.8 Å². The fourth-order valence-corrected chi connectivity index (χ4v) is 2.41. The minimum atomic E-state index is -0.0656. The Labute approximate surface area is 119 Å². The second-order valence-corrected chi connectivity index (χ2v) is 5.05. The van der Waals surface area contributed by atoms with Gasteiger partial charge < -0.3 is 16.0 Å². The van der Waals surface area contributed by atoms with Crippen LogP contribution in [-0.2, 0) is 16.0 Å². The first-order valence-electron chi connectivity index (χ1n) is 7.00. The van der Waals surface area contributed by atoms with Gasteiger partial charge in [-0.05, 0) is 31.0 Å². The highest BCUT2D eigenvalue weighted by Gasteiger charge is 2.18. The van der Waals surface area contributed by atoms with Gasteiger partial charge in [-0.15, -0.1) is 0 Å². The van der Waals surface area contributed by atoms with Crippen molar-refractivity contribution in [3.63, 3.8) is 0 Å². The van der Waals surface area contributed by atoms with Gasteiger partial charge in [-0.1, -0.05) is 18.2 Å². The lowest BCUT2D eigenvalue weighted by Gasteiger charge is -2.13. The van der Waals surface area contributed by atoms with Crippen LogP contribution in [0.25, 0.3) is 0 Å². The van der Waals surface area contributed by atoms with Crippen LogP contribution in [0.15, 0.2) is 24.3 Å².